The summed E-state index contributed by atoms with van der Waals surface area (Å²) in [5.74, 6) is 0.811. The first-order chi connectivity index (χ1) is 9.61. The predicted octanol–water partition coefficient (Wildman–Crippen LogP) is 4.08. The Kier molecular flexibility index (Phi) is 3.26. The second-order valence-electron chi connectivity index (χ2n) is 5.09. The van der Waals surface area contributed by atoms with Gasteiger partial charge in [-0.05, 0) is 25.0 Å². The van der Waals surface area contributed by atoms with Gasteiger partial charge < -0.3 is 10.2 Å². The van der Waals surface area contributed by atoms with Crippen molar-refractivity contribution in [1.82, 2.24) is 9.97 Å². The van der Waals surface area contributed by atoms with E-state index >= 15 is 0 Å². The minimum atomic E-state index is 0.206. The molecule has 5 heteroatoms. The molecule has 1 aliphatic rings. The van der Waals surface area contributed by atoms with Gasteiger partial charge in [0.2, 0.25) is 0 Å². The van der Waals surface area contributed by atoms with Crippen molar-refractivity contribution in [2.24, 2.45) is 0 Å². The van der Waals surface area contributed by atoms with E-state index in [1.54, 1.807) is 0 Å². The van der Waals surface area contributed by atoms with Crippen LogP contribution in [0.3, 0.4) is 0 Å². The Morgan fingerprint density at radius 1 is 1.35 bits per heavy atom. The van der Waals surface area contributed by atoms with E-state index in [1.807, 2.05) is 7.05 Å². The summed E-state index contributed by atoms with van der Waals surface area (Å²) >= 11 is 6.24. The third kappa shape index (κ3) is 2.00. The average Bonchev–Trinajstić information content (AvgIpc) is 2.56. The van der Waals surface area contributed by atoms with Gasteiger partial charge in [-0.15, -0.1) is 0 Å². The van der Waals surface area contributed by atoms with Crippen LogP contribution in [-0.4, -0.2) is 17.0 Å². The molecule has 1 unspecified atom stereocenters. The number of hydrogen-bond acceptors (Lipinski definition) is 4. The maximum absolute atomic E-state index is 6.24. The lowest BCUT2D eigenvalue weighted by Gasteiger charge is -2.21. The first kappa shape index (κ1) is 13.2. The van der Waals surface area contributed by atoms with Crippen molar-refractivity contribution in [1.29, 1.82) is 0 Å². The second-order valence-corrected chi connectivity index (χ2v) is 5.45. The van der Waals surface area contributed by atoms with Gasteiger partial charge in [0.15, 0.2) is 11.0 Å². The zero-order valence-corrected chi connectivity index (χ0v) is 12.6. The summed E-state index contributed by atoms with van der Waals surface area (Å²) in [7, 11) is 2.01. The SMILES string of the molecule is CCC1Nc2c(Cl)ncnc2N(C)c2ccc(C)cc21. The summed E-state index contributed by atoms with van der Waals surface area (Å²) in [6.45, 7) is 4.27. The summed E-state index contributed by atoms with van der Waals surface area (Å²) in [6, 6.07) is 6.69. The topological polar surface area (TPSA) is 41.1 Å². The fourth-order valence-electron chi connectivity index (χ4n) is 2.68. The molecule has 0 spiro atoms. The average molecular weight is 289 g/mol. The number of halogens is 1. The van der Waals surface area contributed by atoms with Crippen molar-refractivity contribution in [3.63, 3.8) is 0 Å². The maximum atomic E-state index is 6.24. The molecule has 4 nitrogen and oxygen atoms in total. The number of aromatic nitrogens is 2. The largest absolute Gasteiger partial charge is 0.373 e. The lowest BCUT2D eigenvalue weighted by Crippen LogP contribution is -2.12. The van der Waals surface area contributed by atoms with Crippen molar-refractivity contribution in [3.05, 3.63) is 40.8 Å². The normalized spacial score (nSPS) is 17.0. The summed E-state index contributed by atoms with van der Waals surface area (Å²) in [6.07, 6.45) is 2.47. The minimum Gasteiger partial charge on any atom is -0.373 e. The van der Waals surface area contributed by atoms with Crippen molar-refractivity contribution < 1.29 is 0 Å². The molecule has 0 bridgehead atoms. The number of rotatable bonds is 1. The zero-order chi connectivity index (χ0) is 14.3. The molecule has 1 aromatic heterocycles. The Balaban J connectivity index is 2.24. The minimum absolute atomic E-state index is 0.206. The lowest BCUT2D eigenvalue weighted by atomic mass is 10.00. The van der Waals surface area contributed by atoms with Crippen LogP contribution in [0.1, 0.15) is 30.5 Å². The molecule has 0 fully saturated rings. The van der Waals surface area contributed by atoms with Crippen molar-refractivity contribution in [2.75, 3.05) is 17.3 Å². The Labute approximate surface area is 123 Å². The van der Waals surface area contributed by atoms with E-state index in [-0.39, 0.29) is 6.04 Å². The second kappa shape index (κ2) is 4.94. The van der Waals surface area contributed by atoms with Crippen LogP contribution in [-0.2, 0) is 0 Å². The van der Waals surface area contributed by atoms with E-state index in [0.29, 0.717) is 5.15 Å². The standard InChI is InChI=1S/C15H17ClN4/c1-4-11-10-7-9(2)5-6-12(10)20(3)15-13(19-11)14(16)17-8-18-15/h5-8,11,19H,4H2,1-3H3. The van der Waals surface area contributed by atoms with Crippen molar-refractivity contribution >= 4 is 28.8 Å². The summed E-state index contributed by atoms with van der Waals surface area (Å²) in [5, 5.41) is 3.96. The Bertz CT molecular complexity index is 656. The van der Waals surface area contributed by atoms with Gasteiger partial charge in [0.05, 0.1) is 6.04 Å². The van der Waals surface area contributed by atoms with Crippen LogP contribution < -0.4 is 10.2 Å². The summed E-state index contributed by atoms with van der Waals surface area (Å²) in [4.78, 5) is 10.5. The molecule has 20 heavy (non-hydrogen) atoms. The van der Waals surface area contributed by atoms with Gasteiger partial charge in [-0.3, -0.25) is 0 Å². The van der Waals surface area contributed by atoms with Gasteiger partial charge in [0.25, 0.3) is 0 Å². The van der Waals surface area contributed by atoms with Gasteiger partial charge in [0.1, 0.15) is 12.0 Å². The molecule has 0 saturated carbocycles. The van der Waals surface area contributed by atoms with E-state index in [2.05, 4.69) is 52.2 Å². The molecule has 1 aromatic carbocycles. The van der Waals surface area contributed by atoms with Crippen LogP contribution in [0.4, 0.5) is 17.2 Å². The fourth-order valence-corrected chi connectivity index (χ4v) is 2.86. The summed E-state index contributed by atoms with van der Waals surface area (Å²) < 4.78 is 0. The molecule has 104 valence electrons. The van der Waals surface area contributed by atoms with E-state index in [1.165, 1.54) is 17.5 Å². The zero-order valence-electron chi connectivity index (χ0n) is 11.8. The smallest absolute Gasteiger partial charge is 0.161 e. The first-order valence-corrected chi connectivity index (χ1v) is 7.11. The molecule has 1 atom stereocenters. The molecular weight excluding hydrogens is 272 g/mol. The number of hydrogen-bond donors (Lipinski definition) is 1. The molecule has 2 aromatic rings. The molecule has 0 aliphatic carbocycles. The molecule has 2 heterocycles. The molecule has 1 N–H and O–H groups in total. The molecule has 0 amide bonds. The van der Waals surface area contributed by atoms with Crippen molar-refractivity contribution in [3.8, 4) is 0 Å². The summed E-state index contributed by atoms with van der Waals surface area (Å²) in [5.41, 5.74) is 4.48. The van der Waals surface area contributed by atoms with Crippen molar-refractivity contribution in [2.45, 2.75) is 26.3 Å². The third-order valence-electron chi connectivity index (χ3n) is 3.75. The molecule has 0 radical (unpaired) electrons. The predicted molar refractivity (Wildman–Crippen MR) is 82.9 cm³/mol. The van der Waals surface area contributed by atoms with E-state index in [4.69, 9.17) is 11.6 Å². The first-order valence-electron chi connectivity index (χ1n) is 6.73. The lowest BCUT2D eigenvalue weighted by molar-refractivity contribution is 0.752. The highest BCUT2D eigenvalue weighted by atomic mass is 35.5. The Morgan fingerprint density at radius 2 is 2.15 bits per heavy atom. The molecule has 1 aliphatic heterocycles. The maximum Gasteiger partial charge on any atom is 0.161 e. The molecular formula is C15H17ClN4. The Hall–Kier alpha value is -1.81. The van der Waals surface area contributed by atoms with E-state index in [0.717, 1.165) is 23.6 Å². The Morgan fingerprint density at radius 3 is 2.90 bits per heavy atom. The number of aryl methyl sites for hydroxylation is 1. The van der Waals surface area contributed by atoms with Crippen LogP contribution in [0.15, 0.2) is 24.5 Å². The van der Waals surface area contributed by atoms with E-state index in [9.17, 15) is 0 Å². The number of nitrogens with zero attached hydrogens (tertiary/aromatic N) is 3. The van der Waals surface area contributed by atoms with E-state index < -0.39 is 0 Å². The van der Waals surface area contributed by atoms with Gasteiger partial charge in [-0.2, -0.15) is 0 Å². The van der Waals surface area contributed by atoms with Crippen LogP contribution in [0.5, 0.6) is 0 Å². The van der Waals surface area contributed by atoms with Crippen LogP contribution >= 0.6 is 11.6 Å². The van der Waals surface area contributed by atoms with Gasteiger partial charge in [-0.1, -0.05) is 36.2 Å². The number of anilines is 3. The van der Waals surface area contributed by atoms with Gasteiger partial charge >= 0.3 is 0 Å². The van der Waals surface area contributed by atoms with Gasteiger partial charge in [-0.25, -0.2) is 9.97 Å². The fraction of sp³-hybridized carbons (Fsp3) is 0.333. The highest BCUT2D eigenvalue weighted by Crippen LogP contribution is 2.42. The highest BCUT2D eigenvalue weighted by Gasteiger charge is 2.26. The van der Waals surface area contributed by atoms with Crippen LogP contribution in [0.25, 0.3) is 0 Å². The molecule has 3 rings (SSSR count). The number of benzene rings is 1. The number of fused-ring (bicyclic) bond motifs is 2. The van der Waals surface area contributed by atoms with Crippen LogP contribution in [0, 0.1) is 6.92 Å². The number of nitrogens with one attached hydrogen (secondary N) is 1. The monoisotopic (exact) mass is 288 g/mol. The van der Waals surface area contributed by atoms with Crippen LogP contribution in [0.2, 0.25) is 5.15 Å². The highest BCUT2D eigenvalue weighted by molar-refractivity contribution is 6.32. The molecule has 0 saturated heterocycles. The quantitative estimate of drug-likeness (QED) is 0.803. The third-order valence-corrected chi connectivity index (χ3v) is 4.03. The van der Waals surface area contributed by atoms with Gasteiger partial charge in [0, 0.05) is 12.7 Å².